The van der Waals surface area contributed by atoms with E-state index in [9.17, 15) is 9.59 Å². The van der Waals surface area contributed by atoms with Crippen LogP contribution < -0.4 is 19.5 Å². The molecule has 0 heterocycles. The van der Waals surface area contributed by atoms with E-state index in [4.69, 9.17) is 19.3 Å². The van der Waals surface area contributed by atoms with Crippen molar-refractivity contribution in [3.8, 4) is 17.2 Å². The summed E-state index contributed by atoms with van der Waals surface area (Å²) >= 11 is 0. The summed E-state index contributed by atoms with van der Waals surface area (Å²) in [5, 5.41) is 11.5. The number of ether oxygens (including phenoxy) is 3. The summed E-state index contributed by atoms with van der Waals surface area (Å²) < 4.78 is 16.2. The van der Waals surface area contributed by atoms with Gasteiger partial charge < -0.3 is 24.6 Å². The molecule has 0 aliphatic heterocycles. The molecule has 7 nitrogen and oxygen atoms in total. The number of anilines is 1. The fraction of sp³-hybridized carbons (Fsp3) is 0.300. The van der Waals surface area contributed by atoms with Gasteiger partial charge in [0.25, 0.3) is 5.91 Å². The average molecular weight is 371 g/mol. The van der Waals surface area contributed by atoms with Crippen LogP contribution in [-0.4, -0.2) is 37.3 Å². The van der Waals surface area contributed by atoms with Crippen LogP contribution in [0, 0.1) is 5.92 Å². The van der Waals surface area contributed by atoms with Crippen LogP contribution in [0.5, 0.6) is 17.2 Å². The molecule has 1 saturated carbocycles. The number of rotatable bonds is 9. The Balaban J connectivity index is 1.73. The lowest BCUT2D eigenvalue weighted by Crippen LogP contribution is -2.15. The van der Waals surface area contributed by atoms with Gasteiger partial charge in [-0.25, -0.2) is 4.79 Å². The van der Waals surface area contributed by atoms with Gasteiger partial charge in [-0.3, -0.25) is 4.79 Å². The highest BCUT2D eigenvalue weighted by Crippen LogP contribution is 2.32. The Kier molecular flexibility index (Phi) is 5.80. The van der Waals surface area contributed by atoms with Gasteiger partial charge in [0, 0.05) is 17.8 Å². The van der Waals surface area contributed by atoms with Crippen molar-refractivity contribution in [2.24, 2.45) is 5.92 Å². The standard InChI is InChI=1S/C20H21NO6/c1-25-15-7-8-17(18(10-15)27-11-13-5-6-13)20(24)21-14-3-2-4-16(9-14)26-12-19(22)23/h2-4,7-10,13H,5-6,11-12H2,1H3,(H,21,24)(H,22,23). The number of carboxylic acids is 1. The summed E-state index contributed by atoms with van der Waals surface area (Å²) in [6, 6.07) is 11.6. The summed E-state index contributed by atoms with van der Waals surface area (Å²) in [7, 11) is 1.56. The summed E-state index contributed by atoms with van der Waals surface area (Å²) in [6.45, 7) is 0.126. The van der Waals surface area contributed by atoms with Crippen LogP contribution in [-0.2, 0) is 4.79 Å². The van der Waals surface area contributed by atoms with Crippen molar-refractivity contribution in [2.75, 3.05) is 25.6 Å². The molecular formula is C20H21NO6. The fourth-order valence-electron chi connectivity index (χ4n) is 2.44. The number of carbonyl (C=O) groups excluding carboxylic acids is 1. The maximum atomic E-state index is 12.7. The first-order chi connectivity index (χ1) is 13.0. The molecule has 3 rings (SSSR count). The Morgan fingerprint density at radius 1 is 1.11 bits per heavy atom. The largest absolute Gasteiger partial charge is 0.497 e. The summed E-state index contributed by atoms with van der Waals surface area (Å²) in [5.74, 6) is 0.586. The molecule has 7 heteroatoms. The zero-order valence-electron chi connectivity index (χ0n) is 14.9. The maximum Gasteiger partial charge on any atom is 0.341 e. The Morgan fingerprint density at radius 2 is 1.93 bits per heavy atom. The molecule has 2 N–H and O–H groups in total. The molecule has 2 aromatic rings. The van der Waals surface area contributed by atoms with Crippen LogP contribution in [0.3, 0.4) is 0 Å². The van der Waals surface area contributed by atoms with E-state index in [1.807, 2.05) is 0 Å². The van der Waals surface area contributed by atoms with Gasteiger partial charge in [0.2, 0.25) is 0 Å². The van der Waals surface area contributed by atoms with E-state index in [0.29, 0.717) is 41.0 Å². The van der Waals surface area contributed by atoms with Gasteiger partial charge in [0.15, 0.2) is 6.61 Å². The summed E-state index contributed by atoms with van der Waals surface area (Å²) in [4.78, 5) is 23.3. The SMILES string of the molecule is COc1ccc(C(=O)Nc2cccc(OCC(=O)O)c2)c(OCC2CC2)c1. The minimum absolute atomic E-state index is 0.334. The molecule has 1 fully saturated rings. The molecule has 27 heavy (non-hydrogen) atoms. The number of hydrogen-bond acceptors (Lipinski definition) is 5. The number of benzene rings is 2. The zero-order chi connectivity index (χ0) is 19.2. The first-order valence-electron chi connectivity index (χ1n) is 8.62. The molecule has 0 radical (unpaired) electrons. The van der Waals surface area contributed by atoms with Crippen LogP contribution in [0.1, 0.15) is 23.2 Å². The Labute approximate surface area is 156 Å². The monoisotopic (exact) mass is 371 g/mol. The lowest BCUT2D eigenvalue weighted by molar-refractivity contribution is -0.139. The van der Waals surface area contributed by atoms with Gasteiger partial charge in [-0.1, -0.05) is 6.07 Å². The number of methoxy groups -OCH3 is 1. The number of carbonyl (C=O) groups is 2. The van der Waals surface area contributed by atoms with E-state index in [1.165, 1.54) is 0 Å². The molecule has 0 unspecified atom stereocenters. The second-order valence-corrected chi connectivity index (χ2v) is 6.28. The fourth-order valence-corrected chi connectivity index (χ4v) is 2.44. The minimum atomic E-state index is -1.07. The quantitative estimate of drug-likeness (QED) is 0.703. The number of amides is 1. The van der Waals surface area contributed by atoms with Crippen molar-refractivity contribution >= 4 is 17.6 Å². The predicted octanol–water partition coefficient (Wildman–Crippen LogP) is 3.20. The number of carboxylic acid groups (broad SMARTS) is 1. The minimum Gasteiger partial charge on any atom is -0.497 e. The lowest BCUT2D eigenvalue weighted by atomic mass is 10.1. The number of hydrogen-bond donors (Lipinski definition) is 2. The topological polar surface area (TPSA) is 94.1 Å². The normalized spacial score (nSPS) is 12.9. The number of nitrogens with one attached hydrogen (secondary N) is 1. The van der Waals surface area contributed by atoms with Crippen molar-refractivity contribution in [1.82, 2.24) is 0 Å². The second-order valence-electron chi connectivity index (χ2n) is 6.28. The average Bonchev–Trinajstić information content (AvgIpc) is 3.49. The van der Waals surface area contributed by atoms with E-state index >= 15 is 0 Å². The highest BCUT2D eigenvalue weighted by molar-refractivity contribution is 6.06. The van der Waals surface area contributed by atoms with Crippen molar-refractivity contribution in [1.29, 1.82) is 0 Å². The van der Waals surface area contributed by atoms with Crippen molar-refractivity contribution in [3.05, 3.63) is 48.0 Å². The Bertz CT molecular complexity index is 831. The van der Waals surface area contributed by atoms with Crippen molar-refractivity contribution in [2.45, 2.75) is 12.8 Å². The zero-order valence-corrected chi connectivity index (χ0v) is 14.9. The smallest absolute Gasteiger partial charge is 0.341 e. The first kappa shape index (κ1) is 18.6. The first-order valence-corrected chi connectivity index (χ1v) is 8.62. The molecule has 0 aromatic heterocycles. The molecule has 0 atom stereocenters. The molecular weight excluding hydrogens is 350 g/mol. The van der Waals surface area contributed by atoms with E-state index in [0.717, 1.165) is 12.8 Å². The van der Waals surface area contributed by atoms with Crippen molar-refractivity contribution in [3.63, 3.8) is 0 Å². The Morgan fingerprint density at radius 3 is 2.63 bits per heavy atom. The van der Waals surface area contributed by atoms with Gasteiger partial charge >= 0.3 is 5.97 Å². The van der Waals surface area contributed by atoms with Crippen LogP contribution in [0.15, 0.2) is 42.5 Å². The third-order valence-corrected chi connectivity index (χ3v) is 4.06. The molecule has 1 amide bonds. The van der Waals surface area contributed by atoms with Crippen LogP contribution in [0.2, 0.25) is 0 Å². The van der Waals surface area contributed by atoms with E-state index in [-0.39, 0.29) is 5.91 Å². The molecule has 2 aromatic carbocycles. The van der Waals surface area contributed by atoms with Gasteiger partial charge in [0.1, 0.15) is 17.2 Å². The van der Waals surface area contributed by atoms with E-state index in [2.05, 4.69) is 5.32 Å². The van der Waals surface area contributed by atoms with Gasteiger partial charge in [-0.15, -0.1) is 0 Å². The molecule has 142 valence electrons. The maximum absolute atomic E-state index is 12.7. The van der Waals surface area contributed by atoms with Gasteiger partial charge in [-0.05, 0) is 43.0 Å². The highest BCUT2D eigenvalue weighted by Gasteiger charge is 2.23. The third kappa shape index (κ3) is 5.37. The third-order valence-electron chi connectivity index (χ3n) is 4.06. The predicted molar refractivity (Wildman–Crippen MR) is 98.7 cm³/mol. The summed E-state index contributed by atoms with van der Waals surface area (Å²) in [5.41, 5.74) is 0.889. The summed E-state index contributed by atoms with van der Waals surface area (Å²) in [6.07, 6.45) is 2.29. The van der Waals surface area contributed by atoms with E-state index < -0.39 is 12.6 Å². The van der Waals surface area contributed by atoms with Crippen LogP contribution in [0.25, 0.3) is 0 Å². The van der Waals surface area contributed by atoms with Crippen molar-refractivity contribution < 1.29 is 28.9 Å². The molecule has 0 saturated heterocycles. The molecule has 1 aliphatic rings. The molecule has 1 aliphatic carbocycles. The number of aliphatic carboxylic acids is 1. The molecule has 0 bridgehead atoms. The lowest BCUT2D eigenvalue weighted by Gasteiger charge is -2.13. The van der Waals surface area contributed by atoms with Crippen LogP contribution in [0.4, 0.5) is 5.69 Å². The molecule has 0 spiro atoms. The second kappa shape index (κ2) is 8.44. The van der Waals surface area contributed by atoms with Crippen LogP contribution >= 0.6 is 0 Å². The Hall–Kier alpha value is -3.22. The van der Waals surface area contributed by atoms with Gasteiger partial charge in [-0.2, -0.15) is 0 Å². The van der Waals surface area contributed by atoms with E-state index in [1.54, 1.807) is 49.6 Å². The highest BCUT2D eigenvalue weighted by atomic mass is 16.5. The van der Waals surface area contributed by atoms with Gasteiger partial charge in [0.05, 0.1) is 19.3 Å².